The topological polar surface area (TPSA) is 29.0 Å². The molecule has 1 heterocycles. The van der Waals surface area contributed by atoms with Gasteiger partial charge in [-0.3, -0.25) is 0 Å². The standard InChI is InChI=1S/C10H16IN3S/c1-4-8(6-15-3)14(2)10-9(11)5-12-7-13-10/h5,7-8H,4,6H2,1-3H3. The quantitative estimate of drug-likeness (QED) is 0.773. The SMILES string of the molecule is CCC(CSC)N(C)c1ncncc1I. The number of hydrogen-bond donors (Lipinski definition) is 0. The molecule has 0 radical (unpaired) electrons. The molecule has 1 aromatic rings. The summed E-state index contributed by atoms with van der Waals surface area (Å²) in [5.74, 6) is 2.17. The van der Waals surface area contributed by atoms with Gasteiger partial charge in [-0.2, -0.15) is 11.8 Å². The summed E-state index contributed by atoms with van der Waals surface area (Å²) in [6.07, 6.45) is 6.74. The highest BCUT2D eigenvalue weighted by molar-refractivity contribution is 14.1. The Morgan fingerprint density at radius 2 is 2.33 bits per heavy atom. The van der Waals surface area contributed by atoms with Gasteiger partial charge in [0.15, 0.2) is 0 Å². The molecule has 0 bridgehead atoms. The third-order valence-corrected chi connectivity index (χ3v) is 3.84. The molecule has 0 N–H and O–H groups in total. The fourth-order valence-corrected chi connectivity index (χ4v) is 2.96. The summed E-state index contributed by atoms with van der Waals surface area (Å²) in [5, 5.41) is 0. The van der Waals surface area contributed by atoms with Gasteiger partial charge in [0.25, 0.3) is 0 Å². The molecule has 1 atom stereocenters. The molecule has 3 nitrogen and oxygen atoms in total. The van der Waals surface area contributed by atoms with Crippen LogP contribution in [0.25, 0.3) is 0 Å². The average Bonchev–Trinajstić information content (AvgIpc) is 2.25. The number of thioether (sulfide) groups is 1. The zero-order valence-electron chi connectivity index (χ0n) is 9.27. The summed E-state index contributed by atoms with van der Waals surface area (Å²) in [4.78, 5) is 10.6. The number of anilines is 1. The summed E-state index contributed by atoms with van der Waals surface area (Å²) in [7, 11) is 2.11. The van der Waals surface area contributed by atoms with Crippen molar-refractivity contribution in [3.63, 3.8) is 0 Å². The lowest BCUT2D eigenvalue weighted by molar-refractivity contribution is 0.663. The molecule has 0 aromatic carbocycles. The Hall–Kier alpha value is -0.0400. The molecular formula is C10H16IN3S. The van der Waals surface area contributed by atoms with Crippen LogP contribution in [0.2, 0.25) is 0 Å². The molecule has 0 saturated heterocycles. The van der Waals surface area contributed by atoms with Crippen LogP contribution in [0.5, 0.6) is 0 Å². The lowest BCUT2D eigenvalue weighted by atomic mass is 10.2. The second kappa shape index (κ2) is 6.52. The van der Waals surface area contributed by atoms with Gasteiger partial charge in [0, 0.05) is 25.0 Å². The van der Waals surface area contributed by atoms with Crippen LogP contribution in [0.1, 0.15) is 13.3 Å². The number of hydrogen-bond acceptors (Lipinski definition) is 4. The number of rotatable bonds is 5. The van der Waals surface area contributed by atoms with E-state index in [0.717, 1.165) is 21.6 Å². The van der Waals surface area contributed by atoms with Crippen LogP contribution in [0.15, 0.2) is 12.5 Å². The first kappa shape index (κ1) is 13.0. The monoisotopic (exact) mass is 337 g/mol. The maximum absolute atomic E-state index is 4.33. The van der Waals surface area contributed by atoms with Crippen LogP contribution >= 0.6 is 34.4 Å². The summed E-state index contributed by atoms with van der Waals surface area (Å²) in [6.45, 7) is 2.21. The molecule has 0 aliphatic carbocycles. The van der Waals surface area contributed by atoms with Gasteiger partial charge in [0.1, 0.15) is 12.1 Å². The fraction of sp³-hybridized carbons (Fsp3) is 0.600. The van der Waals surface area contributed by atoms with Gasteiger partial charge < -0.3 is 4.90 Å². The van der Waals surface area contributed by atoms with E-state index in [1.54, 1.807) is 6.33 Å². The van der Waals surface area contributed by atoms with Crippen LogP contribution < -0.4 is 4.90 Å². The zero-order chi connectivity index (χ0) is 11.3. The molecule has 1 unspecified atom stereocenters. The summed E-state index contributed by atoms with van der Waals surface area (Å²) in [6, 6.07) is 0.545. The maximum atomic E-state index is 4.33. The Balaban J connectivity index is 2.82. The average molecular weight is 337 g/mol. The minimum atomic E-state index is 0.545. The smallest absolute Gasteiger partial charge is 0.145 e. The summed E-state index contributed by atoms with van der Waals surface area (Å²) in [5.41, 5.74) is 0. The molecule has 1 rings (SSSR count). The zero-order valence-corrected chi connectivity index (χ0v) is 12.2. The lowest BCUT2D eigenvalue weighted by Gasteiger charge is -2.28. The number of halogens is 1. The third-order valence-electron chi connectivity index (χ3n) is 2.36. The molecule has 1 aromatic heterocycles. The van der Waals surface area contributed by atoms with E-state index in [2.05, 4.69) is 57.7 Å². The van der Waals surface area contributed by atoms with E-state index in [0.29, 0.717) is 6.04 Å². The Bertz CT molecular complexity index is 308. The van der Waals surface area contributed by atoms with Gasteiger partial charge in [-0.25, -0.2) is 9.97 Å². The van der Waals surface area contributed by atoms with Crippen LogP contribution in [0.3, 0.4) is 0 Å². The van der Waals surface area contributed by atoms with E-state index in [1.165, 1.54) is 0 Å². The van der Waals surface area contributed by atoms with Crippen LogP contribution in [-0.4, -0.2) is 35.1 Å². The largest absolute Gasteiger partial charge is 0.355 e. The van der Waals surface area contributed by atoms with Crippen molar-refractivity contribution in [1.82, 2.24) is 9.97 Å². The number of aromatic nitrogens is 2. The molecule has 15 heavy (non-hydrogen) atoms. The second-order valence-corrected chi connectivity index (χ2v) is 5.40. The van der Waals surface area contributed by atoms with Crippen LogP contribution in [-0.2, 0) is 0 Å². The van der Waals surface area contributed by atoms with Crippen molar-refractivity contribution in [1.29, 1.82) is 0 Å². The lowest BCUT2D eigenvalue weighted by Crippen LogP contribution is -2.34. The summed E-state index contributed by atoms with van der Waals surface area (Å²) >= 11 is 4.16. The van der Waals surface area contributed by atoms with E-state index in [4.69, 9.17) is 0 Å². The first-order chi connectivity index (χ1) is 7.20. The Morgan fingerprint density at radius 3 is 2.87 bits per heavy atom. The van der Waals surface area contributed by atoms with Gasteiger partial charge in [-0.15, -0.1) is 0 Å². The predicted molar refractivity (Wildman–Crippen MR) is 75.6 cm³/mol. The van der Waals surface area contributed by atoms with E-state index < -0.39 is 0 Å². The van der Waals surface area contributed by atoms with E-state index in [-0.39, 0.29) is 0 Å². The normalized spacial score (nSPS) is 12.5. The minimum Gasteiger partial charge on any atom is -0.355 e. The van der Waals surface area contributed by atoms with Crippen molar-refractivity contribution >= 4 is 40.2 Å². The minimum absolute atomic E-state index is 0.545. The first-order valence-electron chi connectivity index (χ1n) is 4.88. The highest BCUT2D eigenvalue weighted by Crippen LogP contribution is 2.21. The van der Waals surface area contributed by atoms with Crippen LogP contribution in [0.4, 0.5) is 5.82 Å². The predicted octanol–water partition coefficient (Wildman–Crippen LogP) is 2.66. The van der Waals surface area contributed by atoms with Crippen molar-refractivity contribution in [3.05, 3.63) is 16.1 Å². The molecule has 0 amide bonds. The van der Waals surface area contributed by atoms with Crippen molar-refractivity contribution < 1.29 is 0 Å². The van der Waals surface area contributed by atoms with Gasteiger partial charge in [0.2, 0.25) is 0 Å². The molecule has 84 valence electrons. The van der Waals surface area contributed by atoms with Crippen molar-refractivity contribution in [2.24, 2.45) is 0 Å². The highest BCUT2D eigenvalue weighted by atomic mass is 127. The first-order valence-corrected chi connectivity index (χ1v) is 7.35. The highest BCUT2D eigenvalue weighted by Gasteiger charge is 2.15. The van der Waals surface area contributed by atoms with Gasteiger partial charge in [-0.1, -0.05) is 6.92 Å². The third kappa shape index (κ3) is 3.48. The van der Waals surface area contributed by atoms with Crippen LogP contribution in [0, 0.1) is 3.57 Å². The number of nitrogens with zero attached hydrogens (tertiary/aromatic N) is 3. The van der Waals surface area contributed by atoms with E-state index >= 15 is 0 Å². The Morgan fingerprint density at radius 1 is 1.60 bits per heavy atom. The van der Waals surface area contributed by atoms with E-state index in [1.807, 2.05) is 18.0 Å². The van der Waals surface area contributed by atoms with Crippen molar-refractivity contribution in [3.8, 4) is 0 Å². The molecule has 0 aliphatic heterocycles. The Kier molecular flexibility index (Phi) is 5.66. The maximum Gasteiger partial charge on any atom is 0.145 e. The molecule has 0 saturated carbocycles. The fourth-order valence-electron chi connectivity index (χ4n) is 1.43. The second-order valence-electron chi connectivity index (χ2n) is 3.32. The van der Waals surface area contributed by atoms with Gasteiger partial charge >= 0.3 is 0 Å². The van der Waals surface area contributed by atoms with Crippen molar-refractivity contribution in [2.45, 2.75) is 19.4 Å². The Labute approximate surface area is 109 Å². The molecule has 0 spiro atoms. The molecular weight excluding hydrogens is 321 g/mol. The summed E-state index contributed by atoms with van der Waals surface area (Å²) < 4.78 is 1.11. The van der Waals surface area contributed by atoms with E-state index in [9.17, 15) is 0 Å². The van der Waals surface area contributed by atoms with Gasteiger partial charge in [0.05, 0.1) is 3.57 Å². The molecule has 0 aliphatic rings. The molecule has 5 heteroatoms. The van der Waals surface area contributed by atoms with Gasteiger partial charge in [-0.05, 0) is 35.3 Å². The molecule has 0 fully saturated rings. The van der Waals surface area contributed by atoms with Crippen molar-refractivity contribution in [2.75, 3.05) is 24.0 Å².